The first kappa shape index (κ1) is 20.8. The lowest BCUT2D eigenvalue weighted by molar-refractivity contribution is 0.0997. The van der Waals surface area contributed by atoms with Gasteiger partial charge in [0.15, 0.2) is 5.82 Å². The van der Waals surface area contributed by atoms with Crippen LogP contribution in [0.2, 0.25) is 0 Å². The first-order valence-electron chi connectivity index (χ1n) is 10.1. The van der Waals surface area contributed by atoms with E-state index in [2.05, 4.69) is 27.2 Å². The van der Waals surface area contributed by atoms with E-state index in [9.17, 15) is 14.3 Å². The Bertz CT molecular complexity index is 1070. The molecular formula is C22H25FN6O2. The first-order valence-corrected chi connectivity index (χ1v) is 10.1. The lowest BCUT2D eigenvalue weighted by Gasteiger charge is -2.39. The number of amides is 1. The second kappa shape index (κ2) is 8.35. The number of pyridine rings is 1. The minimum atomic E-state index is -0.627. The molecule has 1 fully saturated rings. The Hall–Kier alpha value is -3.46. The fourth-order valence-corrected chi connectivity index (χ4v) is 3.82. The molecule has 162 valence electrons. The zero-order chi connectivity index (χ0) is 22.0. The minimum Gasteiger partial charge on any atom is -0.508 e. The number of hydrogen-bond donors (Lipinski definition) is 3. The van der Waals surface area contributed by atoms with Crippen molar-refractivity contribution >= 4 is 17.4 Å². The van der Waals surface area contributed by atoms with Crippen molar-refractivity contribution in [3.63, 3.8) is 0 Å². The molecule has 0 atom stereocenters. The summed E-state index contributed by atoms with van der Waals surface area (Å²) >= 11 is 0. The Kier molecular flexibility index (Phi) is 5.60. The molecule has 3 aromatic rings. The van der Waals surface area contributed by atoms with Gasteiger partial charge in [-0.05, 0) is 43.5 Å². The summed E-state index contributed by atoms with van der Waals surface area (Å²) in [6.45, 7) is 4.64. The van der Waals surface area contributed by atoms with Crippen molar-refractivity contribution in [3.05, 3.63) is 65.9 Å². The molecular weight excluding hydrogens is 399 g/mol. The van der Waals surface area contributed by atoms with E-state index in [1.165, 1.54) is 12.3 Å². The van der Waals surface area contributed by atoms with Crippen LogP contribution in [0.25, 0.3) is 0 Å². The number of aromatic hydroxyl groups is 1. The van der Waals surface area contributed by atoms with E-state index in [4.69, 9.17) is 5.73 Å². The molecule has 1 saturated heterocycles. The van der Waals surface area contributed by atoms with Crippen molar-refractivity contribution in [1.82, 2.24) is 19.7 Å². The van der Waals surface area contributed by atoms with Gasteiger partial charge >= 0.3 is 0 Å². The third kappa shape index (κ3) is 4.66. The van der Waals surface area contributed by atoms with Gasteiger partial charge in [-0.25, -0.2) is 4.98 Å². The van der Waals surface area contributed by atoms with Crippen LogP contribution in [0.15, 0.2) is 48.8 Å². The van der Waals surface area contributed by atoms with Crippen molar-refractivity contribution in [2.75, 3.05) is 18.4 Å². The third-order valence-electron chi connectivity index (χ3n) is 5.80. The standard InChI is InChI=1S/C22H25FN6O2/c1-22(7-10-28(11-8-22)13-15-2-4-17(30)5-3-15)29-14-18(20(24)31)21(27-29)26-16-6-9-25-19(23)12-16/h2-6,9,12,14,30H,7-8,10-11,13H2,1H3,(H2,24,31)(H,25,26,27). The molecule has 1 amide bonds. The molecule has 0 aliphatic carbocycles. The number of aromatic nitrogens is 3. The largest absolute Gasteiger partial charge is 0.508 e. The normalized spacial score (nSPS) is 16.2. The predicted molar refractivity (Wildman–Crippen MR) is 114 cm³/mol. The number of phenolic OH excluding ortho intramolecular Hbond substituents is 1. The van der Waals surface area contributed by atoms with Gasteiger partial charge in [-0.3, -0.25) is 14.4 Å². The van der Waals surface area contributed by atoms with E-state index in [1.807, 2.05) is 12.1 Å². The van der Waals surface area contributed by atoms with Gasteiger partial charge in [-0.1, -0.05) is 12.1 Å². The van der Waals surface area contributed by atoms with Gasteiger partial charge in [0.2, 0.25) is 5.95 Å². The van der Waals surface area contributed by atoms with E-state index >= 15 is 0 Å². The quantitative estimate of drug-likeness (QED) is 0.525. The van der Waals surface area contributed by atoms with Crippen LogP contribution in [0.1, 0.15) is 35.7 Å². The van der Waals surface area contributed by atoms with Crippen LogP contribution < -0.4 is 11.1 Å². The predicted octanol–water partition coefficient (Wildman–Crippen LogP) is 2.98. The number of primary amides is 1. The highest BCUT2D eigenvalue weighted by Crippen LogP contribution is 2.32. The molecule has 2 aromatic heterocycles. The van der Waals surface area contributed by atoms with Gasteiger partial charge < -0.3 is 16.2 Å². The number of carbonyl (C=O) groups excluding carboxylic acids is 1. The maximum atomic E-state index is 13.4. The average Bonchev–Trinajstić information content (AvgIpc) is 3.16. The highest BCUT2D eigenvalue weighted by atomic mass is 19.1. The molecule has 0 radical (unpaired) electrons. The smallest absolute Gasteiger partial charge is 0.254 e. The fraction of sp³-hybridized carbons (Fsp3) is 0.318. The first-order chi connectivity index (χ1) is 14.8. The average molecular weight is 424 g/mol. The second-order valence-electron chi connectivity index (χ2n) is 8.13. The molecule has 3 heterocycles. The summed E-state index contributed by atoms with van der Waals surface area (Å²) in [5.74, 6) is -0.668. The van der Waals surface area contributed by atoms with E-state index in [1.54, 1.807) is 29.1 Å². The number of hydrogen-bond acceptors (Lipinski definition) is 6. The van der Waals surface area contributed by atoms with Crippen molar-refractivity contribution < 1.29 is 14.3 Å². The number of carbonyl (C=O) groups is 1. The number of rotatable bonds is 6. The molecule has 0 saturated carbocycles. The highest BCUT2D eigenvalue weighted by molar-refractivity contribution is 5.98. The summed E-state index contributed by atoms with van der Waals surface area (Å²) in [6.07, 6.45) is 4.68. The summed E-state index contributed by atoms with van der Waals surface area (Å²) in [7, 11) is 0. The van der Waals surface area contributed by atoms with Gasteiger partial charge in [0, 0.05) is 43.8 Å². The van der Waals surface area contributed by atoms with Crippen LogP contribution >= 0.6 is 0 Å². The molecule has 1 aromatic carbocycles. The number of nitrogens with two attached hydrogens (primary N) is 1. The SMILES string of the molecule is CC1(n2cc(C(N)=O)c(Nc3ccnc(F)c3)n2)CCN(Cc2ccc(O)cc2)CC1. The number of phenols is 1. The maximum Gasteiger partial charge on any atom is 0.254 e. The number of halogens is 1. The topological polar surface area (TPSA) is 109 Å². The van der Waals surface area contributed by atoms with Crippen LogP contribution in [0.3, 0.4) is 0 Å². The Labute approximate surface area is 179 Å². The van der Waals surface area contributed by atoms with E-state index in [0.717, 1.165) is 38.0 Å². The van der Waals surface area contributed by atoms with E-state index in [0.29, 0.717) is 11.5 Å². The summed E-state index contributed by atoms with van der Waals surface area (Å²) < 4.78 is 15.2. The lowest BCUT2D eigenvalue weighted by Crippen LogP contribution is -2.44. The maximum absolute atomic E-state index is 13.4. The summed E-state index contributed by atoms with van der Waals surface area (Å²) in [4.78, 5) is 17.9. The summed E-state index contributed by atoms with van der Waals surface area (Å²) in [6, 6.07) is 10.1. The van der Waals surface area contributed by atoms with Gasteiger partial charge in [-0.15, -0.1) is 0 Å². The molecule has 1 aliphatic heterocycles. The number of benzene rings is 1. The summed E-state index contributed by atoms with van der Waals surface area (Å²) in [5, 5.41) is 17.0. The molecule has 0 bridgehead atoms. The molecule has 0 unspecified atom stereocenters. The van der Waals surface area contributed by atoms with Crippen LogP contribution in [-0.4, -0.2) is 43.8 Å². The fourth-order valence-electron chi connectivity index (χ4n) is 3.82. The number of nitrogens with zero attached hydrogens (tertiary/aromatic N) is 4. The van der Waals surface area contributed by atoms with Crippen LogP contribution in [-0.2, 0) is 12.1 Å². The number of likely N-dealkylation sites (tertiary alicyclic amines) is 1. The molecule has 4 rings (SSSR count). The van der Waals surface area contributed by atoms with E-state index < -0.39 is 11.9 Å². The van der Waals surface area contributed by atoms with Crippen molar-refractivity contribution in [3.8, 4) is 5.75 Å². The molecule has 31 heavy (non-hydrogen) atoms. The zero-order valence-electron chi connectivity index (χ0n) is 17.3. The van der Waals surface area contributed by atoms with Crippen molar-refractivity contribution in [2.45, 2.75) is 31.8 Å². The lowest BCUT2D eigenvalue weighted by atomic mass is 9.89. The Morgan fingerprint density at radius 3 is 2.61 bits per heavy atom. The number of piperidine rings is 1. The van der Waals surface area contributed by atoms with Gasteiger partial charge in [0.1, 0.15) is 11.3 Å². The van der Waals surface area contributed by atoms with Crippen LogP contribution in [0.4, 0.5) is 15.9 Å². The molecule has 9 heteroatoms. The highest BCUT2D eigenvalue weighted by Gasteiger charge is 2.34. The van der Waals surface area contributed by atoms with Crippen molar-refractivity contribution in [1.29, 1.82) is 0 Å². The van der Waals surface area contributed by atoms with Gasteiger partial charge in [0.05, 0.1) is 5.54 Å². The van der Waals surface area contributed by atoms with E-state index in [-0.39, 0.29) is 16.9 Å². The molecule has 1 aliphatic rings. The summed E-state index contributed by atoms with van der Waals surface area (Å²) in [5.41, 5.74) is 7.12. The Morgan fingerprint density at radius 2 is 1.97 bits per heavy atom. The Balaban J connectivity index is 1.48. The monoisotopic (exact) mass is 424 g/mol. The molecule has 0 spiro atoms. The van der Waals surface area contributed by atoms with Crippen molar-refractivity contribution in [2.24, 2.45) is 5.73 Å². The zero-order valence-corrected chi connectivity index (χ0v) is 17.3. The molecule has 8 nitrogen and oxygen atoms in total. The number of nitrogens with one attached hydrogen (secondary N) is 1. The van der Waals surface area contributed by atoms with Crippen LogP contribution in [0.5, 0.6) is 5.75 Å². The van der Waals surface area contributed by atoms with Crippen LogP contribution in [0, 0.1) is 5.95 Å². The van der Waals surface area contributed by atoms with Gasteiger partial charge in [-0.2, -0.15) is 9.49 Å². The third-order valence-corrected chi connectivity index (χ3v) is 5.80. The second-order valence-corrected chi connectivity index (χ2v) is 8.13. The minimum absolute atomic E-state index is 0.255. The van der Waals surface area contributed by atoms with Gasteiger partial charge in [0.25, 0.3) is 5.91 Å². The number of anilines is 2. The Morgan fingerprint density at radius 1 is 1.26 bits per heavy atom. The molecule has 4 N–H and O–H groups in total.